The third-order valence-electron chi connectivity index (χ3n) is 6.14. The maximum absolute atomic E-state index is 13.2. The minimum absolute atomic E-state index is 0.126. The van der Waals surface area contributed by atoms with E-state index in [1.807, 2.05) is 41.2 Å². The number of piperazine rings is 1. The fraction of sp³-hybridized carbons (Fsp3) is 0.565. The molecule has 2 saturated heterocycles. The number of ether oxygens (including phenoxy) is 2. The third kappa shape index (κ3) is 6.01. The van der Waals surface area contributed by atoms with E-state index in [0.29, 0.717) is 37.0 Å². The van der Waals surface area contributed by atoms with Gasteiger partial charge in [0.2, 0.25) is 5.91 Å². The van der Waals surface area contributed by atoms with Crippen molar-refractivity contribution in [2.75, 3.05) is 59.5 Å². The van der Waals surface area contributed by atoms with Gasteiger partial charge in [-0.05, 0) is 31.3 Å². The Morgan fingerprint density at radius 3 is 2.59 bits per heavy atom. The number of aromatic nitrogens is 2. The number of rotatable bonds is 7. The van der Waals surface area contributed by atoms with E-state index >= 15 is 0 Å². The Bertz CT molecular complexity index is 897. The molecule has 0 radical (unpaired) electrons. The highest BCUT2D eigenvalue weighted by atomic mass is 35.5. The number of halogens is 1. The molecule has 4 rings (SSSR count). The van der Waals surface area contributed by atoms with Crippen LogP contribution in [-0.2, 0) is 23.1 Å². The number of carbonyl (C=O) groups is 1. The summed E-state index contributed by atoms with van der Waals surface area (Å²) in [5.41, 5.74) is 0.438. The summed E-state index contributed by atoms with van der Waals surface area (Å²) < 4.78 is 14.2. The molecular weight excluding hydrogens is 430 g/mol. The van der Waals surface area contributed by atoms with E-state index in [1.54, 1.807) is 12.1 Å². The van der Waals surface area contributed by atoms with Gasteiger partial charge in [-0.25, -0.2) is 0 Å². The molecule has 0 bridgehead atoms. The molecular formula is C23H32ClN5O3. The van der Waals surface area contributed by atoms with E-state index in [-0.39, 0.29) is 5.91 Å². The van der Waals surface area contributed by atoms with E-state index in [4.69, 9.17) is 21.1 Å². The fourth-order valence-corrected chi connectivity index (χ4v) is 4.43. The number of nitrogens with zero attached hydrogens (tertiary/aromatic N) is 5. The minimum Gasteiger partial charge on any atom is -0.491 e. The smallest absolute Gasteiger partial charge is 0.225 e. The molecule has 2 aliphatic rings. The number of amides is 1. The monoisotopic (exact) mass is 461 g/mol. The second-order valence-corrected chi connectivity index (χ2v) is 9.30. The number of aryl methyl sites for hydroxylation is 1. The SMILES string of the molecule is CN1CCN(C(=O)CC2(COc3ccc(Cl)cc3)CN(Cc3cnn(C)c3)CCO2)CC1. The van der Waals surface area contributed by atoms with Crippen LogP contribution in [0.2, 0.25) is 5.02 Å². The molecule has 0 saturated carbocycles. The molecule has 1 aromatic heterocycles. The lowest BCUT2D eigenvalue weighted by Gasteiger charge is -2.43. The van der Waals surface area contributed by atoms with Gasteiger partial charge in [0.15, 0.2) is 0 Å². The molecule has 0 aliphatic carbocycles. The number of carbonyl (C=O) groups excluding carboxylic acids is 1. The van der Waals surface area contributed by atoms with Gasteiger partial charge < -0.3 is 19.3 Å². The maximum atomic E-state index is 13.2. The zero-order valence-corrected chi connectivity index (χ0v) is 19.6. The van der Waals surface area contributed by atoms with Crippen molar-refractivity contribution in [1.82, 2.24) is 24.5 Å². The van der Waals surface area contributed by atoms with Crippen molar-refractivity contribution in [1.29, 1.82) is 0 Å². The van der Waals surface area contributed by atoms with E-state index in [0.717, 1.165) is 44.8 Å². The number of benzene rings is 1. The van der Waals surface area contributed by atoms with Gasteiger partial charge >= 0.3 is 0 Å². The first-order valence-electron chi connectivity index (χ1n) is 11.1. The van der Waals surface area contributed by atoms with E-state index in [1.165, 1.54) is 0 Å². The predicted octanol–water partition coefficient (Wildman–Crippen LogP) is 1.89. The van der Waals surface area contributed by atoms with Gasteiger partial charge in [0, 0.05) is 69.6 Å². The Kier molecular flexibility index (Phi) is 7.35. The van der Waals surface area contributed by atoms with Gasteiger partial charge in [0.25, 0.3) is 0 Å². The van der Waals surface area contributed by atoms with Crippen LogP contribution in [0, 0.1) is 0 Å². The maximum Gasteiger partial charge on any atom is 0.225 e. The Balaban J connectivity index is 1.47. The van der Waals surface area contributed by atoms with Gasteiger partial charge in [-0.1, -0.05) is 11.6 Å². The first kappa shape index (κ1) is 23.0. The average Bonchev–Trinajstić information content (AvgIpc) is 3.18. The van der Waals surface area contributed by atoms with Crippen LogP contribution in [0.5, 0.6) is 5.75 Å². The van der Waals surface area contributed by atoms with Gasteiger partial charge in [-0.15, -0.1) is 0 Å². The van der Waals surface area contributed by atoms with Crippen molar-refractivity contribution in [3.8, 4) is 5.75 Å². The molecule has 1 atom stereocenters. The quantitative estimate of drug-likeness (QED) is 0.627. The molecule has 0 spiro atoms. The Hall–Kier alpha value is -2.13. The highest BCUT2D eigenvalue weighted by molar-refractivity contribution is 6.30. The molecule has 8 nitrogen and oxygen atoms in total. The second-order valence-electron chi connectivity index (χ2n) is 8.87. The summed E-state index contributed by atoms with van der Waals surface area (Å²) in [5, 5.41) is 4.94. The van der Waals surface area contributed by atoms with E-state index in [9.17, 15) is 4.79 Å². The third-order valence-corrected chi connectivity index (χ3v) is 6.39. The summed E-state index contributed by atoms with van der Waals surface area (Å²) in [4.78, 5) is 19.7. The highest BCUT2D eigenvalue weighted by Crippen LogP contribution is 2.27. The van der Waals surface area contributed by atoms with Gasteiger partial charge in [-0.2, -0.15) is 5.10 Å². The van der Waals surface area contributed by atoms with Crippen LogP contribution in [0.4, 0.5) is 0 Å². The zero-order chi connectivity index (χ0) is 22.6. The molecule has 32 heavy (non-hydrogen) atoms. The number of hydrogen-bond acceptors (Lipinski definition) is 6. The normalized spacial score (nSPS) is 22.8. The summed E-state index contributed by atoms with van der Waals surface area (Å²) in [6.45, 7) is 6.35. The average molecular weight is 462 g/mol. The largest absolute Gasteiger partial charge is 0.491 e. The summed E-state index contributed by atoms with van der Waals surface area (Å²) in [6.07, 6.45) is 4.21. The lowest BCUT2D eigenvalue weighted by atomic mass is 9.96. The molecule has 0 N–H and O–H groups in total. The van der Waals surface area contributed by atoms with Crippen LogP contribution in [0.1, 0.15) is 12.0 Å². The number of morpholine rings is 1. The molecule has 2 aliphatic heterocycles. The standard InChI is InChI=1S/C23H32ClN5O3/c1-26-7-9-29(10-8-26)22(30)13-23(18-31-21-5-3-20(24)4-6-21)17-28(11-12-32-23)16-19-14-25-27(2)15-19/h3-6,14-15H,7-13,16-18H2,1-2H3. The Morgan fingerprint density at radius 2 is 1.91 bits per heavy atom. The molecule has 1 amide bonds. The van der Waals surface area contributed by atoms with E-state index < -0.39 is 5.60 Å². The van der Waals surface area contributed by atoms with Crippen molar-refractivity contribution in [3.05, 3.63) is 47.2 Å². The van der Waals surface area contributed by atoms with Crippen LogP contribution in [0.25, 0.3) is 0 Å². The van der Waals surface area contributed by atoms with E-state index in [2.05, 4.69) is 21.9 Å². The van der Waals surface area contributed by atoms with Crippen molar-refractivity contribution < 1.29 is 14.3 Å². The van der Waals surface area contributed by atoms with Crippen molar-refractivity contribution in [2.24, 2.45) is 7.05 Å². The topological polar surface area (TPSA) is 63.1 Å². The lowest BCUT2D eigenvalue weighted by Crippen LogP contribution is -2.58. The minimum atomic E-state index is -0.708. The first-order chi connectivity index (χ1) is 15.4. The van der Waals surface area contributed by atoms with Gasteiger partial charge in [-0.3, -0.25) is 14.4 Å². The Morgan fingerprint density at radius 1 is 1.16 bits per heavy atom. The zero-order valence-electron chi connectivity index (χ0n) is 18.9. The summed E-state index contributed by atoms with van der Waals surface area (Å²) in [6, 6.07) is 7.29. The van der Waals surface area contributed by atoms with Crippen molar-refractivity contribution >= 4 is 17.5 Å². The molecule has 3 heterocycles. The molecule has 2 aromatic rings. The van der Waals surface area contributed by atoms with Gasteiger partial charge in [0.1, 0.15) is 18.0 Å². The summed E-state index contributed by atoms with van der Waals surface area (Å²) >= 11 is 6.00. The first-order valence-corrected chi connectivity index (χ1v) is 11.5. The Labute approximate surface area is 194 Å². The highest BCUT2D eigenvalue weighted by Gasteiger charge is 2.41. The molecule has 1 aromatic carbocycles. The predicted molar refractivity (Wildman–Crippen MR) is 123 cm³/mol. The van der Waals surface area contributed by atoms with Crippen LogP contribution in [0.3, 0.4) is 0 Å². The molecule has 9 heteroatoms. The van der Waals surface area contributed by atoms with Crippen LogP contribution in [0.15, 0.2) is 36.7 Å². The van der Waals surface area contributed by atoms with Crippen LogP contribution in [-0.4, -0.2) is 95.5 Å². The number of likely N-dealkylation sites (N-methyl/N-ethyl adjacent to an activating group) is 1. The lowest BCUT2D eigenvalue weighted by molar-refractivity contribution is -0.157. The van der Waals surface area contributed by atoms with Crippen molar-refractivity contribution in [3.63, 3.8) is 0 Å². The van der Waals surface area contributed by atoms with Crippen LogP contribution >= 0.6 is 11.6 Å². The molecule has 1 unspecified atom stereocenters. The summed E-state index contributed by atoms with van der Waals surface area (Å²) in [5.74, 6) is 0.842. The number of hydrogen-bond donors (Lipinski definition) is 0. The second kappa shape index (κ2) is 10.2. The fourth-order valence-electron chi connectivity index (χ4n) is 4.30. The molecule has 2 fully saturated rings. The van der Waals surface area contributed by atoms with Crippen LogP contribution < -0.4 is 4.74 Å². The van der Waals surface area contributed by atoms with Gasteiger partial charge in [0.05, 0.1) is 19.2 Å². The molecule has 174 valence electrons. The summed E-state index contributed by atoms with van der Waals surface area (Å²) in [7, 11) is 4.01. The van der Waals surface area contributed by atoms with Crippen molar-refractivity contribution in [2.45, 2.75) is 18.6 Å².